The standard InChI is InChI=1S/C11H10ClF3O2/c1-6(12)10(16)8-4-3-7(11(13,14)15)5-9(8)17-2/h3-6H,1-2H3. The second-order valence-corrected chi connectivity index (χ2v) is 4.05. The molecule has 0 fully saturated rings. The molecule has 0 saturated carbocycles. The molecule has 0 radical (unpaired) electrons. The number of hydrogen-bond acceptors (Lipinski definition) is 2. The minimum absolute atomic E-state index is 0.0444. The summed E-state index contributed by atoms with van der Waals surface area (Å²) in [6, 6.07) is 2.68. The van der Waals surface area contributed by atoms with E-state index < -0.39 is 22.9 Å². The third-order valence-electron chi connectivity index (χ3n) is 2.16. The van der Waals surface area contributed by atoms with Crippen molar-refractivity contribution in [3.05, 3.63) is 29.3 Å². The van der Waals surface area contributed by atoms with E-state index in [2.05, 4.69) is 0 Å². The highest BCUT2D eigenvalue weighted by atomic mass is 35.5. The first-order valence-corrected chi connectivity index (χ1v) is 5.14. The maximum Gasteiger partial charge on any atom is 0.416 e. The van der Waals surface area contributed by atoms with Gasteiger partial charge in [0.15, 0.2) is 5.78 Å². The van der Waals surface area contributed by atoms with Crippen LogP contribution in [0, 0.1) is 0 Å². The van der Waals surface area contributed by atoms with Crippen molar-refractivity contribution in [1.82, 2.24) is 0 Å². The van der Waals surface area contributed by atoms with E-state index in [1.54, 1.807) is 0 Å². The molecule has 1 aromatic carbocycles. The molecule has 0 aromatic heterocycles. The molecule has 0 amide bonds. The Hall–Kier alpha value is -1.23. The van der Waals surface area contributed by atoms with Gasteiger partial charge < -0.3 is 4.74 Å². The molecule has 0 aliphatic carbocycles. The van der Waals surface area contributed by atoms with E-state index >= 15 is 0 Å². The molecule has 1 rings (SSSR count). The minimum Gasteiger partial charge on any atom is -0.496 e. The SMILES string of the molecule is COc1cc(C(F)(F)F)ccc1C(=O)C(C)Cl. The highest BCUT2D eigenvalue weighted by Crippen LogP contribution is 2.33. The number of alkyl halides is 4. The second kappa shape index (κ2) is 4.96. The fraction of sp³-hybridized carbons (Fsp3) is 0.364. The molecule has 0 N–H and O–H groups in total. The monoisotopic (exact) mass is 266 g/mol. The smallest absolute Gasteiger partial charge is 0.416 e. The highest BCUT2D eigenvalue weighted by Gasteiger charge is 2.32. The summed E-state index contributed by atoms with van der Waals surface area (Å²) in [4.78, 5) is 11.6. The molecule has 0 bridgehead atoms. The van der Waals surface area contributed by atoms with E-state index in [0.29, 0.717) is 0 Å². The summed E-state index contributed by atoms with van der Waals surface area (Å²) in [6.07, 6.45) is -4.47. The lowest BCUT2D eigenvalue weighted by atomic mass is 10.0. The van der Waals surface area contributed by atoms with Crippen molar-refractivity contribution in [3.63, 3.8) is 0 Å². The number of ketones is 1. The van der Waals surface area contributed by atoms with E-state index in [1.165, 1.54) is 14.0 Å². The Morgan fingerprint density at radius 2 is 2.00 bits per heavy atom. The Morgan fingerprint density at radius 1 is 1.41 bits per heavy atom. The third-order valence-corrected chi connectivity index (χ3v) is 2.35. The topological polar surface area (TPSA) is 26.3 Å². The van der Waals surface area contributed by atoms with Gasteiger partial charge in [0.1, 0.15) is 5.75 Å². The average molecular weight is 267 g/mol. The molecule has 94 valence electrons. The van der Waals surface area contributed by atoms with Crippen LogP contribution >= 0.6 is 11.6 Å². The summed E-state index contributed by atoms with van der Waals surface area (Å²) < 4.78 is 42.1. The molecule has 0 heterocycles. The number of carbonyl (C=O) groups is 1. The summed E-state index contributed by atoms with van der Waals surface area (Å²) in [7, 11) is 1.20. The Morgan fingerprint density at radius 3 is 2.41 bits per heavy atom. The van der Waals surface area contributed by atoms with Crippen molar-refractivity contribution in [1.29, 1.82) is 0 Å². The predicted octanol–water partition coefficient (Wildman–Crippen LogP) is 3.52. The van der Waals surface area contributed by atoms with E-state index in [9.17, 15) is 18.0 Å². The maximum absolute atomic E-state index is 12.4. The molecule has 1 unspecified atom stereocenters. The predicted molar refractivity (Wildman–Crippen MR) is 57.6 cm³/mol. The first kappa shape index (κ1) is 13.8. The quantitative estimate of drug-likeness (QED) is 0.618. The summed E-state index contributed by atoms with van der Waals surface area (Å²) in [5.41, 5.74) is -0.823. The maximum atomic E-state index is 12.4. The number of carbonyl (C=O) groups excluding carboxylic acids is 1. The van der Waals surface area contributed by atoms with Gasteiger partial charge in [-0.1, -0.05) is 0 Å². The van der Waals surface area contributed by atoms with Gasteiger partial charge in [-0.05, 0) is 25.1 Å². The van der Waals surface area contributed by atoms with Crippen LogP contribution in [0.15, 0.2) is 18.2 Å². The number of benzene rings is 1. The van der Waals surface area contributed by atoms with Crippen LogP contribution < -0.4 is 4.74 Å². The summed E-state index contributed by atoms with van der Waals surface area (Å²) in [5, 5.41) is -0.819. The van der Waals surface area contributed by atoms with Crippen LogP contribution in [0.5, 0.6) is 5.75 Å². The molecular weight excluding hydrogens is 257 g/mol. The van der Waals surface area contributed by atoms with Gasteiger partial charge in [-0.2, -0.15) is 13.2 Å². The fourth-order valence-corrected chi connectivity index (χ4v) is 1.40. The van der Waals surface area contributed by atoms with Crippen LogP contribution in [0.2, 0.25) is 0 Å². The van der Waals surface area contributed by atoms with Gasteiger partial charge in [0, 0.05) is 0 Å². The molecule has 0 saturated heterocycles. The van der Waals surface area contributed by atoms with Crippen LogP contribution in [0.25, 0.3) is 0 Å². The van der Waals surface area contributed by atoms with Crippen molar-refractivity contribution in [2.75, 3.05) is 7.11 Å². The Bertz CT molecular complexity index is 427. The molecule has 6 heteroatoms. The zero-order valence-electron chi connectivity index (χ0n) is 9.14. The lowest BCUT2D eigenvalue weighted by Gasteiger charge is -2.12. The van der Waals surface area contributed by atoms with Crippen LogP contribution in [-0.2, 0) is 6.18 Å². The van der Waals surface area contributed by atoms with Gasteiger partial charge in [-0.3, -0.25) is 4.79 Å². The zero-order valence-corrected chi connectivity index (χ0v) is 9.89. The number of methoxy groups -OCH3 is 1. The number of rotatable bonds is 3. The Kier molecular flexibility index (Phi) is 4.03. The molecule has 1 aromatic rings. The molecule has 1 atom stereocenters. The third kappa shape index (κ3) is 3.12. The Balaban J connectivity index is 3.24. The van der Waals surface area contributed by atoms with Crippen LogP contribution in [0.1, 0.15) is 22.8 Å². The average Bonchev–Trinajstić information content (AvgIpc) is 2.25. The number of ether oxygens (including phenoxy) is 1. The zero-order chi connectivity index (χ0) is 13.2. The van der Waals surface area contributed by atoms with Crippen molar-refractivity contribution < 1.29 is 22.7 Å². The van der Waals surface area contributed by atoms with Gasteiger partial charge in [0.25, 0.3) is 0 Å². The lowest BCUT2D eigenvalue weighted by Crippen LogP contribution is -2.13. The van der Waals surface area contributed by atoms with Gasteiger partial charge in [0.2, 0.25) is 0 Å². The number of halogens is 4. The molecule has 0 aliphatic heterocycles. The molecule has 0 spiro atoms. The van der Waals surface area contributed by atoms with Crippen LogP contribution in [0.4, 0.5) is 13.2 Å². The van der Waals surface area contributed by atoms with Crippen molar-refractivity contribution in [2.45, 2.75) is 18.5 Å². The lowest BCUT2D eigenvalue weighted by molar-refractivity contribution is -0.137. The van der Waals surface area contributed by atoms with E-state index in [-0.39, 0.29) is 11.3 Å². The Labute approximate surface area is 101 Å². The van der Waals surface area contributed by atoms with E-state index in [0.717, 1.165) is 18.2 Å². The fourth-order valence-electron chi connectivity index (χ4n) is 1.29. The summed E-state index contributed by atoms with van der Waals surface area (Å²) in [6.45, 7) is 1.45. The molecular formula is C11H10ClF3O2. The van der Waals surface area contributed by atoms with E-state index in [4.69, 9.17) is 16.3 Å². The van der Waals surface area contributed by atoms with Crippen molar-refractivity contribution in [2.24, 2.45) is 0 Å². The highest BCUT2D eigenvalue weighted by molar-refractivity contribution is 6.33. The van der Waals surface area contributed by atoms with Gasteiger partial charge in [0.05, 0.1) is 23.6 Å². The second-order valence-electron chi connectivity index (χ2n) is 3.39. The van der Waals surface area contributed by atoms with Gasteiger partial charge in [-0.15, -0.1) is 11.6 Å². The van der Waals surface area contributed by atoms with Gasteiger partial charge >= 0.3 is 6.18 Å². The number of hydrogen-bond donors (Lipinski definition) is 0. The molecule has 17 heavy (non-hydrogen) atoms. The summed E-state index contributed by atoms with van der Waals surface area (Å²) in [5.74, 6) is -0.602. The molecule has 0 aliphatic rings. The first-order chi connectivity index (χ1) is 7.77. The van der Waals surface area contributed by atoms with Crippen LogP contribution in [-0.4, -0.2) is 18.3 Å². The largest absolute Gasteiger partial charge is 0.496 e. The normalized spacial score (nSPS) is 13.3. The van der Waals surface area contributed by atoms with Gasteiger partial charge in [-0.25, -0.2) is 0 Å². The van der Waals surface area contributed by atoms with E-state index in [1.807, 2.05) is 0 Å². The van der Waals surface area contributed by atoms with Crippen molar-refractivity contribution in [3.8, 4) is 5.75 Å². The van der Waals surface area contributed by atoms with Crippen LogP contribution in [0.3, 0.4) is 0 Å². The number of Topliss-reactive ketones (excluding diaryl/α,β-unsaturated/α-hetero) is 1. The molecule has 2 nitrogen and oxygen atoms in total. The first-order valence-electron chi connectivity index (χ1n) is 4.71. The summed E-state index contributed by atoms with van der Waals surface area (Å²) >= 11 is 5.59. The van der Waals surface area contributed by atoms with Crippen molar-refractivity contribution >= 4 is 17.4 Å². The minimum atomic E-state index is -4.47.